The van der Waals surface area contributed by atoms with Gasteiger partial charge in [-0.15, -0.1) is 0 Å². The number of aromatic amines is 1. The molecule has 0 saturated heterocycles. The molecule has 0 atom stereocenters. The lowest BCUT2D eigenvalue weighted by atomic mass is 10.1. The number of rotatable bonds is 3. The average molecular weight is 270 g/mol. The van der Waals surface area contributed by atoms with Crippen LogP contribution in [0.15, 0.2) is 23.0 Å². The third kappa shape index (κ3) is 2.46. The van der Waals surface area contributed by atoms with Crippen molar-refractivity contribution in [3.05, 3.63) is 45.2 Å². The molecular formula is C16H18N2O2. The molecule has 1 aromatic heterocycles. The summed E-state index contributed by atoms with van der Waals surface area (Å²) in [5.74, 6) is 0.226. The molecule has 2 aromatic rings. The van der Waals surface area contributed by atoms with E-state index in [-0.39, 0.29) is 17.4 Å². The van der Waals surface area contributed by atoms with Crippen LogP contribution in [0.3, 0.4) is 0 Å². The Labute approximate surface area is 117 Å². The van der Waals surface area contributed by atoms with Crippen LogP contribution in [0.1, 0.15) is 29.5 Å². The number of hydrogen-bond donors (Lipinski definition) is 2. The normalized spacial score (nSPS) is 14.5. The zero-order valence-electron chi connectivity index (χ0n) is 11.7. The fourth-order valence-electron chi connectivity index (χ4n) is 2.54. The van der Waals surface area contributed by atoms with Crippen LogP contribution in [0.25, 0.3) is 10.9 Å². The molecule has 1 saturated carbocycles. The van der Waals surface area contributed by atoms with Gasteiger partial charge < -0.3 is 10.3 Å². The number of nitrogens with one attached hydrogen (secondary N) is 2. The van der Waals surface area contributed by atoms with E-state index in [1.807, 2.05) is 32.0 Å². The Morgan fingerprint density at radius 1 is 1.30 bits per heavy atom. The summed E-state index contributed by atoms with van der Waals surface area (Å²) in [6.07, 6.45) is 1.94. The Kier molecular flexibility index (Phi) is 3.08. The zero-order chi connectivity index (χ0) is 14.3. The number of H-pyrrole nitrogens is 1. The summed E-state index contributed by atoms with van der Waals surface area (Å²) in [6.45, 7) is 4.32. The summed E-state index contributed by atoms with van der Waals surface area (Å²) < 4.78 is 0. The van der Waals surface area contributed by atoms with Gasteiger partial charge in [-0.25, -0.2) is 0 Å². The molecule has 1 heterocycles. The van der Waals surface area contributed by atoms with Crippen molar-refractivity contribution in [3.63, 3.8) is 0 Å². The summed E-state index contributed by atoms with van der Waals surface area (Å²) in [5, 5.41) is 3.85. The molecule has 1 aliphatic carbocycles. The highest BCUT2D eigenvalue weighted by Crippen LogP contribution is 2.28. The Morgan fingerprint density at radius 3 is 2.75 bits per heavy atom. The Morgan fingerprint density at radius 2 is 2.05 bits per heavy atom. The first kappa shape index (κ1) is 12.9. The molecule has 4 heteroatoms. The minimum Gasteiger partial charge on any atom is -0.352 e. The van der Waals surface area contributed by atoms with E-state index >= 15 is 0 Å². The molecule has 1 aliphatic rings. The van der Waals surface area contributed by atoms with Crippen LogP contribution >= 0.6 is 0 Å². The quantitative estimate of drug-likeness (QED) is 0.898. The highest BCUT2D eigenvalue weighted by molar-refractivity contribution is 5.83. The maximum Gasteiger partial charge on any atom is 0.253 e. The Hall–Kier alpha value is -2.10. The third-order valence-electron chi connectivity index (χ3n) is 3.77. The number of pyridine rings is 1. The van der Waals surface area contributed by atoms with Crippen LogP contribution in [-0.4, -0.2) is 10.9 Å². The summed E-state index contributed by atoms with van der Waals surface area (Å²) in [5.41, 5.74) is 3.58. The first-order valence-corrected chi connectivity index (χ1v) is 6.95. The van der Waals surface area contributed by atoms with Gasteiger partial charge in [0.1, 0.15) is 0 Å². The molecule has 20 heavy (non-hydrogen) atoms. The molecular weight excluding hydrogens is 252 g/mol. The fourth-order valence-corrected chi connectivity index (χ4v) is 2.54. The Bertz CT molecular complexity index is 742. The van der Waals surface area contributed by atoms with Gasteiger partial charge in [-0.1, -0.05) is 11.6 Å². The minimum absolute atomic E-state index is 0.0601. The molecule has 0 bridgehead atoms. The second kappa shape index (κ2) is 4.78. The molecule has 0 spiro atoms. The van der Waals surface area contributed by atoms with Crippen molar-refractivity contribution < 1.29 is 4.79 Å². The van der Waals surface area contributed by atoms with Gasteiger partial charge in [0.25, 0.3) is 5.56 Å². The van der Waals surface area contributed by atoms with Crippen LogP contribution in [0.5, 0.6) is 0 Å². The SMILES string of the molecule is Cc1cc(C)c2[nH]c(=O)c(CNC(=O)C3CC3)cc2c1. The summed E-state index contributed by atoms with van der Waals surface area (Å²) in [6, 6.07) is 5.97. The molecule has 1 fully saturated rings. The number of benzene rings is 1. The van der Waals surface area contributed by atoms with E-state index in [0.29, 0.717) is 12.1 Å². The van der Waals surface area contributed by atoms with Crippen molar-refractivity contribution >= 4 is 16.8 Å². The van der Waals surface area contributed by atoms with Crippen molar-refractivity contribution in [2.24, 2.45) is 5.92 Å². The monoisotopic (exact) mass is 270 g/mol. The van der Waals surface area contributed by atoms with Gasteiger partial charge in [0.05, 0.1) is 5.52 Å². The van der Waals surface area contributed by atoms with E-state index in [4.69, 9.17) is 0 Å². The predicted octanol–water partition coefficient (Wildman–Crippen LogP) is 2.17. The second-order valence-corrected chi connectivity index (χ2v) is 5.66. The van der Waals surface area contributed by atoms with Gasteiger partial charge in [-0.2, -0.15) is 0 Å². The highest BCUT2D eigenvalue weighted by Gasteiger charge is 2.29. The van der Waals surface area contributed by atoms with Crippen LogP contribution in [0.2, 0.25) is 0 Å². The van der Waals surface area contributed by atoms with Gasteiger partial charge in [-0.3, -0.25) is 9.59 Å². The first-order valence-electron chi connectivity index (χ1n) is 6.95. The number of amides is 1. The molecule has 104 valence electrons. The molecule has 0 aliphatic heterocycles. The number of aromatic nitrogens is 1. The average Bonchev–Trinajstić information content (AvgIpc) is 3.21. The molecule has 3 rings (SSSR count). The molecule has 0 radical (unpaired) electrons. The predicted molar refractivity (Wildman–Crippen MR) is 78.6 cm³/mol. The summed E-state index contributed by atoms with van der Waals surface area (Å²) in [4.78, 5) is 26.6. The second-order valence-electron chi connectivity index (χ2n) is 5.66. The molecule has 0 unspecified atom stereocenters. The summed E-state index contributed by atoms with van der Waals surface area (Å²) >= 11 is 0. The van der Waals surface area contributed by atoms with Crippen LogP contribution < -0.4 is 10.9 Å². The fraction of sp³-hybridized carbons (Fsp3) is 0.375. The van der Waals surface area contributed by atoms with E-state index < -0.39 is 0 Å². The van der Waals surface area contributed by atoms with E-state index in [9.17, 15) is 9.59 Å². The Balaban J connectivity index is 1.92. The maximum absolute atomic E-state index is 12.1. The topological polar surface area (TPSA) is 62.0 Å². The van der Waals surface area contributed by atoms with Crippen molar-refractivity contribution in [2.75, 3.05) is 0 Å². The van der Waals surface area contributed by atoms with Crippen LogP contribution in [0, 0.1) is 19.8 Å². The largest absolute Gasteiger partial charge is 0.352 e. The maximum atomic E-state index is 12.1. The zero-order valence-corrected chi connectivity index (χ0v) is 11.7. The van der Waals surface area contributed by atoms with Crippen LogP contribution in [0.4, 0.5) is 0 Å². The third-order valence-corrected chi connectivity index (χ3v) is 3.77. The number of hydrogen-bond acceptors (Lipinski definition) is 2. The van der Waals surface area contributed by atoms with Gasteiger partial charge >= 0.3 is 0 Å². The van der Waals surface area contributed by atoms with E-state index in [0.717, 1.165) is 34.9 Å². The lowest BCUT2D eigenvalue weighted by Crippen LogP contribution is -2.27. The van der Waals surface area contributed by atoms with Gasteiger partial charge in [-0.05, 0) is 49.8 Å². The van der Waals surface area contributed by atoms with E-state index in [1.165, 1.54) is 0 Å². The lowest BCUT2D eigenvalue weighted by Gasteiger charge is -2.08. The van der Waals surface area contributed by atoms with Crippen LogP contribution in [-0.2, 0) is 11.3 Å². The smallest absolute Gasteiger partial charge is 0.253 e. The molecule has 4 nitrogen and oxygen atoms in total. The number of fused-ring (bicyclic) bond motifs is 1. The number of carbonyl (C=O) groups excluding carboxylic acids is 1. The summed E-state index contributed by atoms with van der Waals surface area (Å²) in [7, 11) is 0. The first-order chi connectivity index (χ1) is 9.54. The molecule has 1 aromatic carbocycles. The standard InChI is InChI=1S/C16H18N2O2/c1-9-5-10(2)14-12(6-9)7-13(16(20)18-14)8-17-15(19)11-3-4-11/h5-7,11H,3-4,8H2,1-2H3,(H,17,19)(H,18,20). The highest BCUT2D eigenvalue weighted by atomic mass is 16.2. The number of aryl methyl sites for hydroxylation is 2. The van der Waals surface area contributed by atoms with Crippen molar-refractivity contribution in [3.8, 4) is 0 Å². The number of carbonyl (C=O) groups is 1. The van der Waals surface area contributed by atoms with Gasteiger partial charge in [0.2, 0.25) is 5.91 Å². The van der Waals surface area contributed by atoms with E-state index in [1.54, 1.807) is 0 Å². The van der Waals surface area contributed by atoms with Crippen molar-refractivity contribution in [1.82, 2.24) is 10.3 Å². The van der Waals surface area contributed by atoms with Gasteiger partial charge in [0.15, 0.2) is 0 Å². The molecule has 1 amide bonds. The van der Waals surface area contributed by atoms with Crippen molar-refractivity contribution in [2.45, 2.75) is 33.2 Å². The van der Waals surface area contributed by atoms with Gasteiger partial charge in [0, 0.05) is 18.0 Å². The van der Waals surface area contributed by atoms with Crippen molar-refractivity contribution in [1.29, 1.82) is 0 Å². The minimum atomic E-state index is -0.124. The lowest BCUT2D eigenvalue weighted by molar-refractivity contribution is -0.122. The molecule has 2 N–H and O–H groups in total. The van der Waals surface area contributed by atoms with E-state index in [2.05, 4.69) is 10.3 Å².